The number of carbonyl (C=O) groups excluding carboxylic acids is 1. The molecule has 3 heterocycles. The zero-order chi connectivity index (χ0) is 16.2. The van der Waals surface area contributed by atoms with Crippen molar-refractivity contribution >= 4 is 6.03 Å². The minimum absolute atomic E-state index is 0.0114. The van der Waals surface area contributed by atoms with Crippen molar-refractivity contribution in [3.05, 3.63) is 18.5 Å². The largest absolute Gasteiger partial charge is 0.374 e. The summed E-state index contributed by atoms with van der Waals surface area (Å²) >= 11 is 0. The van der Waals surface area contributed by atoms with E-state index in [2.05, 4.69) is 5.10 Å². The fourth-order valence-corrected chi connectivity index (χ4v) is 3.43. The van der Waals surface area contributed by atoms with Gasteiger partial charge in [-0.3, -0.25) is 4.68 Å². The summed E-state index contributed by atoms with van der Waals surface area (Å²) < 4.78 is 13.9. The molecular weight excluding hydrogens is 296 g/mol. The molecule has 7 heteroatoms. The van der Waals surface area contributed by atoms with Crippen molar-refractivity contribution in [2.75, 3.05) is 33.9 Å². The molecule has 2 aliphatic heterocycles. The lowest BCUT2D eigenvalue weighted by atomic mass is 10.0. The third-order valence-corrected chi connectivity index (χ3v) is 4.53. The average molecular weight is 322 g/mol. The molecule has 0 unspecified atom stereocenters. The van der Waals surface area contributed by atoms with Gasteiger partial charge in [-0.1, -0.05) is 0 Å². The van der Waals surface area contributed by atoms with Crippen LogP contribution in [0.3, 0.4) is 0 Å². The van der Waals surface area contributed by atoms with Crippen LogP contribution in [0.15, 0.2) is 18.5 Å². The van der Waals surface area contributed by atoms with Crippen LogP contribution in [0, 0.1) is 0 Å². The zero-order valence-corrected chi connectivity index (χ0v) is 13.9. The number of aromatic nitrogens is 2. The van der Waals surface area contributed by atoms with E-state index >= 15 is 0 Å². The number of likely N-dealkylation sites (tertiary alicyclic amines) is 1. The highest BCUT2D eigenvalue weighted by Crippen LogP contribution is 2.31. The Balaban J connectivity index is 1.53. The maximum Gasteiger partial charge on any atom is 0.319 e. The summed E-state index contributed by atoms with van der Waals surface area (Å²) in [6.07, 6.45) is 6.62. The Bertz CT molecular complexity index is 505. The molecule has 128 valence electrons. The number of hydrogen-bond acceptors (Lipinski definition) is 4. The third-order valence-electron chi connectivity index (χ3n) is 4.53. The van der Waals surface area contributed by atoms with Crippen molar-refractivity contribution in [3.8, 4) is 0 Å². The highest BCUT2D eigenvalue weighted by Gasteiger charge is 2.46. The molecule has 2 aliphatic rings. The number of rotatable bonds is 5. The van der Waals surface area contributed by atoms with Crippen LogP contribution in [0.5, 0.6) is 0 Å². The first-order valence-corrected chi connectivity index (χ1v) is 8.35. The lowest BCUT2D eigenvalue weighted by Gasteiger charge is -2.33. The van der Waals surface area contributed by atoms with Crippen LogP contribution in [-0.4, -0.2) is 77.7 Å². The number of nitrogens with zero attached hydrogens (tertiary/aromatic N) is 4. The smallest absolute Gasteiger partial charge is 0.319 e. The maximum atomic E-state index is 12.4. The van der Waals surface area contributed by atoms with Crippen LogP contribution in [0.25, 0.3) is 0 Å². The van der Waals surface area contributed by atoms with Gasteiger partial charge in [-0.2, -0.15) is 5.10 Å². The minimum Gasteiger partial charge on any atom is -0.374 e. The molecule has 0 aromatic carbocycles. The van der Waals surface area contributed by atoms with Crippen molar-refractivity contribution in [2.45, 2.75) is 44.1 Å². The highest BCUT2D eigenvalue weighted by atomic mass is 16.5. The molecular formula is C16H26N4O3. The number of fused-ring (bicyclic) bond motifs is 1. The van der Waals surface area contributed by atoms with Crippen molar-refractivity contribution in [1.29, 1.82) is 0 Å². The first-order valence-electron chi connectivity index (χ1n) is 8.35. The Morgan fingerprint density at radius 3 is 3.09 bits per heavy atom. The molecule has 0 radical (unpaired) electrons. The van der Waals surface area contributed by atoms with Gasteiger partial charge in [0.1, 0.15) is 12.2 Å². The second kappa shape index (κ2) is 7.31. The molecule has 2 amide bonds. The Hall–Kier alpha value is -1.60. The quantitative estimate of drug-likeness (QED) is 0.765. The van der Waals surface area contributed by atoms with Crippen LogP contribution >= 0.6 is 0 Å². The molecule has 23 heavy (non-hydrogen) atoms. The van der Waals surface area contributed by atoms with Gasteiger partial charge in [0, 0.05) is 46.2 Å². The third kappa shape index (κ3) is 3.67. The lowest BCUT2D eigenvalue weighted by Crippen LogP contribution is -2.47. The van der Waals surface area contributed by atoms with E-state index in [4.69, 9.17) is 9.47 Å². The van der Waals surface area contributed by atoms with Gasteiger partial charge in [-0.25, -0.2) is 4.79 Å². The molecule has 3 atom stereocenters. The van der Waals surface area contributed by atoms with E-state index in [1.165, 1.54) is 0 Å². The molecule has 0 spiro atoms. The summed E-state index contributed by atoms with van der Waals surface area (Å²) in [6.45, 7) is 2.88. The normalized spacial score (nSPS) is 27.0. The Morgan fingerprint density at radius 1 is 1.48 bits per heavy atom. The molecule has 7 nitrogen and oxygen atoms in total. The minimum atomic E-state index is -0.0261. The summed E-state index contributed by atoms with van der Waals surface area (Å²) in [4.78, 5) is 15.9. The standard InChI is InChI=1S/C16H26N4O3/c1-18(2)16(21)20-12-14(15-13(20)6-3-10-23-15)22-11-5-9-19-8-4-7-17-19/h4,7-8,13-15H,3,5-6,9-12H2,1-2H3/t13-,14-,15+/m0/s1. The van der Waals surface area contributed by atoms with E-state index < -0.39 is 0 Å². The van der Waals surface area contributed by atoms with Crippen molar-refractivity contribution in [3.63, 3.8) is 0 Å². The fourth-order valence-electron chi connectivity index (χ4n) is 3.43. The molecule has 2 saturated heterocycles. The van der Waals surface area contributed by atoms with Crippen LogP contribution in [0.2, 0.25) is 0 Å². The van der Waals surface area contributed by atoms with Crippen LogP contribution in [0.1, 0.15) is 19.3 Å². The van der Waals surface area contributed by atoms with Gasteiger partial charge in [0.25, 0.3) is 0 Å². The van der Waals surface area contributed by atoms with Crippen molar-refractivity contribution < 1.29 is 14.3 Å². The van der Waals surface area contributed by atoms with Crippen molar-refractivity contribution in [2.24, 2.45) is 0 Å². The highest BCUT2D eigenvalue weighted by molar-refractivity contribution is 5.74. The lowest BCUT2D eigenvalue weighted by molar-refractivity contribution is -0.0769. The van der Waals surface area contributed by atoms with Gasteiger partial charge in [0.2, 0.25) is 0 Å². The molecule has 0 aliphatic carbocycles. The number of amides is 2. The Morgan fingerprint density at radius 2 is 2.35 bits per heavy atom. The van der Waals surface area contributed by atoms with Crippen molar-refractivity contribution in [1.82, 2.24) is 19.6 Å². The average Bonchev–Trinajstić information content (AvgIpc) is 3.19. The van der Waals surface area contributed by atoms with Gasteiger partial charge in [0.15, 0.2) is 0 Å². The molecule has 1 aromatic rings. The van der Waals surface area contributed by atoms with E-state index in [-0.39, 0.29) is 24.3 Å². The topological polar surface area (TPSA) is 59.8 Å². The first-order chi connectivity index (χ1) is 11.2. The van der Waals surface area contributed by atoms with E-state index in [0.29, 0.717) is 13.2 Å². The summed E-state index contributed by atoms with van der Waals surface area (Å²) in [6, 6.07) is 2.12. The molecule has 0 saturated carbocycles. The van der Waals surface area contributed by atoms with E-state index in [0.717, 1.165) is 32.4 Å². The van der Waals surface area contributed by atoms with E-state index in [9.17, 15) is 4.79 Å². The van der Waals surface area contributed by atoms with Crippen LogP contribution in [-0.2, 0) is 16.0 Å². The second-order valence-corrected chi connectivity index (χ2v) is 6.41. The molecule has 3 rings (SSSR count). The molecule has 2 fully saturated rings. The second-order valence-electron chi connectivity index (χ2n) is 6.41. The van der Waals surface area contributed by atoms with Gasteiger partial charge in [-0.15, -0.1) is 0 Å². The fraction of sp³-hybridized carbons (Fsp3) is 0.750. The number of hydrogen-bond donors (Lipinski definition) is 0. The predicted molar refractivity (Wildman–Crippen MR) is 85.1 cm³/mol. The first kappa shape index (κ1) is 16.3. The maximum absolute atomic E-state index is 12.4. The SMILES string of the molecule is CN(C)C(=O)N1C[C@H](OCCCn2cccn2)[C@@H]2OCCC[C@@H]21. The Labute approximate surface area is 137 Å². The zero-order valence-electron chi connectivity index (χ0n) is 13.9. The summed E-state index contributed by atoms with van der Waals surface area (Å²) in [5, 5.41) is 4.18. The van der Waals surface area contributed by atoms with Crippen LogP contribution in [0.4, 0.5) is 4.79 Å². The summed E-state index contributed by atoms with van der Waals surface area (Å²) in [5.74, 6) is 0. The molecule has 0 bridgehead atoms. The summed E-state index contributed by atoms with van der Waals surface area (Å²) in [5.41, 5.74) is 0. The monoisotopic (exact) mass is 322 g/mol. The van der Waals surface area contributed by atoms with Gasteiger partial charge >= 0.3 is 6.03 Å². The van der Waals surface area contributed by atoms with Gasteiger partial charge < -0.3 is 19.3 Å². The van der Waals surface area contributed by atoms with Gasteiger partial charge in [0.05, 0.1) is 12.6 Å². The number of carbonyl (C=O) groups is 1. The van der Waals surface area contributed by atoms with Crippen LogP contribution < -0.4 is 0 Å². The Kier molecular flexibility index (Phi) is 5.17. The summed E-state index contributed by atoms with van der Waals surface area (Å²) in [7, 11) is 3.58. The van der Waals surface area contributed by atoms with Gasteiger partial charge in [-0.05, 0) is 25.3 Å². The predicted octanol–water partition coefficient (Wildman–Crippen LogP) is 1.20. The van der Waals surface area contributed by atoms with E-state index in [1.807, 2.05) is 21.8 Å². The molecule has 1 aromatic heterocycles. The number of aryl methyl sites for hydroxylation is 1. The molecule has 0 N–H and O–H groups in total. The number of ether oxygens (including phenoxy) is 2. The van der Waals surface area contributed by atoms with E-state index in [1.54, 1.807) is 25.2 Å². The number of urea groups is 1.